The Labute approximate surface area is 135 Å². The molecule has 0 bridgehead atoms. The van der Waals surface area contributed by atoms with Crippen LogP contribution < -0.4 is 5.32 Å². The monoisotopic (exact) mass is 332 g/mol. The molecular formula is C17H11F3N2O2. The van der Waals surface area contributed by atoms with E-state index < -0.39 is 29.3 Å². The van der Waals surface area contributed by atoms with Gasteiger partial charge in [-0.3, -0.25) is 9.59 Å². The largest absolute Gasteiger partial charge is 0.416 e. The summed E-state index contributed by atoms with van der Waals surface area (Å²) in [5.41, 5.74) is -0.651. The molecule has 0 spiro atoms. The number of para-hydroxylation sites is 1. The molecule has 0 saturated carbocycles. The lowest BCUT2D eigenvalue weighted by Gasteiger charge is -2.11. The van der Waals surface area contributed by atoms with Crippen molar-refractivity contribution in [2.75, 3.05) is 5.32 Å². The molecule has 1 amide bonds. The van der Waals surface area contributed by atoms with Crippen LogP contribution in [-0.2, 0) is 11.0 Å². The van der Waals surface area contributed by atoms with E-state index in [4.69, 9.17) is 5.26 Å². The Balaban J connectivity index is 2.17. The van der Waals surface area contributed by atoms with E-state index in [9.17, 15) is 22.8 Å². The van der Waals surface area contributed by atoms with Crippen LogP contribution in [0.2, 0.25) is 0 Å². The summed E-state index contributed by atoms with van der Waals surface area (Å²) in [6.45, 7) is 0. The molecule has 2 aromatic rings. The molecular weight excluding hydrogens is 321 g/mol. The number of nitrogens with one attached hydrogen (secondary N) is 1. The van der Waals surface area contributed by atoms with E-state index >= 15 is 0 Å². The van der Waals surface area contributed by atoms with Crippen LogP contribution in [0.5, 0.6) is 0 Å². The van der Waals surface area contributed by atoms with Crippen molar-refractivity contribution in [2.45, 2.75) is 6.18 Å². The third-order valence-electron chi connectivity index (χ3n) is 3.19. The number of nitriles is 1. The molecule has 2 aromatic carbocycles. The van der Waals surface area contributed by atoms with Crippen molar-refractivity contribution in [1.82, 2.24) is 0 Å². The zero-order valence-corrected chi connectivity index (χ0v) is 12.2. The third-order valence-corrected chi connectivity index (χ3v) is 3.19. The first-order chi connectivity index (χ1) is 11.3. The average molecular weight is 332 g/mol. The molecule has 0 unspecified atom stereocenters. The van der Waals surface area contributed by atoms with E-state index in [1.54, 1.807) is 36.4 Å². The van der Waals surface area contributed by atoms with Gasteiger partial charge in [0.2, 0.25) is 5.91 Å². The van der Waals surface area contributed by atoms with Crippen LogP contribution in [0, 0.1) is 17.2 Å². The van der Waals surface area contributed by atoms with Gasteiger partial charge >= 0.3 is 6.18 Å². The van der Waals surface area contributed by atoms with Gasteiger partial charge in [0.1, 0.15) is 0 Å². The van der Waals surface area contributed by atoms with Crippen LogP contribution >= 0.6 is 0 Å². The van der Waals surface area contributed by atoms with Gasteiger partial charge in [-0.15, -0.1) is 0 Å². The molecule has 4 nitrogen and oxygen atoms in total. The van der Waals surface area contributed by atoms with Crippen molar-refractivity contribution in [3.63, 3.8) is 0 Å². The van der Waals surface area contributed by atoms with Gasteiger partial charge in [0.25, 0.3) is 0 Å². The van der Waals surface area contributed by atoms with Crippen molar-refractivity contribution < 1.29 is 22.8 Å². The Kier molecular flexibility index (Phi) is 4.99. The molecule has 0 aliphatic carbocycles. The molecule has 122 valence electrons. The van der Waals surface area contributed by atoms with Crippen LogP contribution in [0.1, 0.15) is 15.9 Å². The maximum Gasteiger partial charge on any atom is 0.416 e. The van der Waals surface area contributed by atoms with Crippen LogP contribution in [-0.4, -0.2) is 11.7 Å². The summed E-state index contributed by atoms with van der Waals surface area (Å²) < 4.78 is 37.5. The molecule has 7 heteroatoms. The van der Waals surface area contributed by atoms with Crippen LogP contribution in [0.15, 0.2) is 54.6 Å². The van der Waals surface area contributed by atoms with Crippen molar-refractivity contribution in [2.24, 2.45) is 5.92 Å². The van der Waals surface area contributed by atoms with E-state index in [1.165, 1.54) is 0 Å². The van der Waals surface area contributed by atoms with Crippen LogP contribution in [0.4, 0.5) is 18.9 Å². The first kappa shape index (κ1) is 17.2. The Morgan fingerprint density at radius 1 is 1.00 bits per heavy atom. The van der Waals surface area contributed by atoms with Crippen LogP contribution in [0.3, 0.4) is 0 Å². The SMILES string of the molecule is N#C[C@H](C(=O)Nc1ccccc1)C(=O)c1ccc(C(F)(F)F)cc1. The van der Waals surface area contributed by atoms with Gasteiger partial charge < -0.3 is 5.32 Å². The Morgan fingerprint density at radius 3 is 2.08 bits per heavy atom. The summed E-state index contributed by atoms with van der Waals surface area (Å²) in [5.74, 6) is -3.35. The molecule has 0 aromatic heterocycles. The Morgan fingerprint density at radius 2 is 1.58 bits per heavy atom. The number of alkyl halides is 3. The predicted molar refractivity (Wildman–Crippen MR) is 79.9 cm³/mol. The summed E-state index contributed by atoms with van der Waals surface area (Å²) >= 11 is 0. The number of nitrogens with zero attached hydrogens (tertiary/aromatic N) is 1. The number of ketones is 1. The number of anilines is 1. The van der Waals surface area contributed by atoms with E-state index in [2.05, 4.69) is 5.32 Å². The molecule has 1 atom stereocenters. The van der Waals surface area contributed by atoms with Gasteiger partial charge in [-0.1, -0.05) is 30.3 Å². The van der Waals surface area contributed by atoms with E-state index in [-0.39, 0.29) is 5.56 Å². The fourth-order valence-electron chi connectivity index (χ4n) is 1.96. The second-order valence-corrected chi connectivity index (χ2v) is 4.86. The molecule has 0 aliphatic heterocycles. The number of Topliss-reactive ketones (excluding diaryl/α,β-unsaturated/α-hetero) is 1. The minimum absolute atomic E-state index is 0.141. The molecule has 0 aliphatic rings. The summed E-state index contributed by atoms with van der Waals surface area (Å²) in [6.07, 6.45) is -4.53. The third kappa shape index (κ3) is 3.98. The van der Waals surface area contributed by atoms with E-state index in [1.807, 2.05) is 0 Å². The number of hydrogen-bond acceptors (Lipinski definition) is 3. The topological polar surface area (TPSA) is 70.0 Å². The summed E-state index contributed by atoms with van der Waals surface area (Å²) in [4.78, 5) is 24.3. The lowest BCUT2D eigenvalue weighted by atomic mass is 9.97. The number of rotatable bonds is 4. The van der Waals surface area contributed by atoms with Crippen molar-refractivity contribution in [3.05, 3.63) is 65.7 Å². The lowest BCUT2D eigenvalue weighted by molar-refractivity contribution is -0.137. The number of halogens is 3. The predicted octanol–water partition coefficient (Wildman–Crippen LogP) is 3.67. The Bertz CT molecular complexity index is 778. The quantitative estimate of drug-likeness (QED) is 0.686. The van der Waals surface area contributed by atoms with Gasteiger partial charge in [0.15, 0.2) is 11.7 Å². The van der Waals surface area contributed by atoms with Crippen LogP contribution in [0.25, 0.3) is 0 Å². The van der Waals surface area contributed by atoms with E-state index in [0.717, 1.165) is 24.3 Å². The number of carbonyl (C=O) groups excluding carboxylic acids is 2. The average Bonchev–Trinajstić information content (AvgIpc) is 2.55. The molecule has 0 fully saturated rings. The fourth-order valence-corrected chi connectivity index (χ4v) is 1.96. The highest BCUT2D eigenvalue weighted by Crippen LogP contribution is 2.29. The lowest BCUT2D eigenvalue weighted by Crippen LogP contribution is -2.28. The molecule has 0 radical (unpaired) electrons. The zero-order valence-electron chi connectivity index (χ0n) is 12.2. The number of hydrogen-bond donors (Lipinski definition) is 1. The second kappa shape index (κ2) is 6.96. The van der Waals surface area contributed by atoms with Crippen molar-refractivity contribution in [3.8, 4) is 6.07 Å². The standard InChI is InChI=1S/C17H11F3N2O2/c18-17(19,20)12-8-6-11(7-9-12)15(23)14(10-21)16(24)22-13-4-2-1-3-5-13/h1-9,14H,(H,22,24)/t14-/m0/s1. The highest BCUT2D eigenvalue weighted by molar-refractivity contribution is 6.15. The number of benzene rings is 2. The van der Waals surface area contributed by atoms with Crippen molar-refractivity contribution >= 4 is 17.4 Å². The highest BCUT2D eigenvalue weighted by Gasteiger charge is 2.32. The van der Waals surface area contributed by atoms with Gasteiger partial charge in [-0.05, 0) is 24.3 Å². The van der Waals surface area contributed by atoms with Gasteiger partial charge in [0.05, 0.1) is 11.6 Å². The summed E-state index contributed by atoms with van der Waals surface area (Å²) in [7, 11) is 0. The molecule has 24 heavy (non-hydrogen) atoms. The van der Waals surface area contributed by atoms with Crippen molar-refractivity contribution in [1.29, 1.82) is 5.26 Å². The number of carbonyl (C=O) groups is 2. The smallest absolute Gasteiger partial charge is 0.325 e. The fraction of sp³-hybridized carbons (Fsp3) is 0.118. The van der Waals surface area contributed by atoms with Gasteiger partial charge in [-0.25, -0.2) is 0 Å². The minimum atomic E-state index is -4.53. The minimum Gasteiger partial charge on any atom is -0.325 e. The molecule has 0 heterocycles. The molecule has 2 rings (SSSR count). The van der Waals surface area contributed by atoms with E-state index in [0.29, 0.717) is 5.69 Å². The Hall–Kier alpha value is -3.14. The summed E-state index contributed by atoms with van der Waals surface area (Å²) in [5, 5.41) is 11.5. The second-order valence-electron chi connectivity index (χ2n) is 4.86. The van der Waals surface area contributed by atoms with Gasteiger partial charge in [0, 0.05) is 11.3 Å². The maximum atomic E-state index is 12.5. The number of amides is 1. The maximum absolute atomic E-state index is 12.5. The highest BCUT2D eigenvalue weighted by atomic mass is 19.4. The molecule has 0 saturated heterocycles. The first-order valence-electron chi connectivity index (χ1n) is 6.80. The summed E-state index contributed by atoms with van der Waals surface area (Å²) in [6, 6.07) is 13.2. The molecule has 1 N–H and O–H groups in total. The first-order valence-corrected chi connectivity index (χ1v) is 6.80. The zero-order chi connectivity index (χ0) is 17.7. The van der Waals surface area contributed by atoms with Gasteiger partial charge in [-0.2, -0.15) is 18.4 Å². The normalized spacial score (nSPS) is 12.1.